The van der Waals surface area contributed by atoms with E-state index < -0.39 is 42.2 Å². The Morgan fingerprint density at radius 3 is 2.25 bits per heavy atom. The molecule has 0 unspecified atom stereocenters. The largest absolute Gasteiger partial charge is 0.416 e. The second kappa shape index (κ2) is 13.7. The fourth-order valence-electron chi connectivity index (χ4n) is 3.87. The van der Waals surface area contributed by atoms with Crippen LogP contribution in [0, 0.1) is 0 Å². The average Bonchev–Trinajstić information content (AvgIpc) is 2.92. The first-order valence-electron chi connectivity index (χ1n) is 12.3. The smallest absolute Gasteiger partial charge is 0.339 e. The van der Waals surface area contributed by atoms with Crippen LogP contribution in [0.1, 0.15) is 11.1 Å². The number of nitrogens with one attached hydrogen (secondary N) is 2. The molecule has 0 saturated carbocycles. The van der Waals surface area contributed by atoms with Crippen LogP contribution in [0.3, 0.4) is 0 Å². The third kappa shape index (κ3) is 8.36. The van der Waals surface area contributed by atoms with Crippen LogP contribution in [0.15, 0.2) is 60.8 Å². The Morgan fingerprint density at radius 1 is 0.975 bits per heavy atom. The molecule has 1 atom stereocenters. The molecule has 0 fully saturated rings. The number of carbonyl (C=O) groups excluding carboxylic acids is 3. The third-order valence-corrected chi connectivity index (χ3v) is 5.91. The van der Waals surface area contributed by atoms with Gasteiger partial charge in [-0.25, -0.2) is 10.6 Å². The van der Waals surface area contributed by atoms with Crippen LogP contribution >= 0.6 is 0 Å². The van der Waals surface area contributed by atoms with Crippen LogP contribution in [0.5, 0.6) is 0 Å². The first-order valence-corrected chi connectivity index (χ1v) is 12.3. The van der Waals surface area contributed by atoms with Crippen LogP contribution < -0.4 is 27.9 Å². The van der Waals surface area contributed by atoms with Gasteiger partial charge in [0.15, 0.2) is 0 Å². The molecule has 8 N–H and O–H groups in total. The van der Waals surface area contributed by atoms with E-state index in [4.69, 9.17) is 17.3 Å². The van der Waals surface area contributed by atoms with E-state index in [0.717, 1.165) is 17.5 Å². The molecule has 0 spiro atoms. The van der Waals surface area contributed by atoms with Crippen molar-refractivity contribution in [2.75, 3.05) is 38.0 Å². The molecule has 3 rings (SSSR count). The van der Waals surface area contributed by atoms with Gasteiger partial charge in [-0.2, -0.15) is 13.2 Å². The van der Waals surface area contributed by atoms with E-state index in [1.807, 2.05) is 12.1 Å². The molecule has 2 aromatic carbocycles. The molecule has 214 valence electrons. The molecule has 0 aliphatic rings. The number of halogens is 3. The zero-order valence-electron chi connectivity index (χ0n) is 21.5. The Kier molecular flexibility index (Phi) is 10.4. The van der Waals surface area contributed by atoms with Crippen LogP contribution in [0.25, 0.3) is 10.9 Å². The number of nitrogens with two attached hydrogens (primary N) is 3. The van der Waals surface area contributed by atoms with Gasteiger partial charge in [-0.15, -0.1) is 0 Å². The van der Waals surface area contributed by atoms with Crippen molar-refractivity contribution in [1.29, 1.82) is 0 Å². The molecule has 40 heavy (non-hydrogen) atoms. The molecule has 4 amide bonds. The number of urea groups is 1. The molecule has 0 aliphatic heterocycles. The van der Waals surface area contributed by atoms with Crippen molar-refractivity contribution in [3.05, 3.63) is 71.9 Å². The first-order chi connectivity index (χ1) is 19.0. The lowest BCUT2D eigenvalue weighted by molar-refractivity contribution is -0.137. The summed E-state index contributed by atoms with van der Waals surface area (Å²) in [5.41, 5.74) is 11.6. The van der Waals surface area contributed by atoms with Crippen molar-refractivity contribution in [2.24, 2.45) is 17.3 Å². The summed E-state index contributed by atoms with van der Waals surface area (Å²) in [6.45, 7) is 0.270. The van der Waals surface area contributed by atoms with Crippen molar-refractivity contribution >= 4 is 34.4 Å². The van der Waals surface area contributed by atoms with E-state index >= 15 is 0 Å². The number of nitrogens with zero attached hydrogens (tertiary/aromatic N) is 3. The standard InChI is InChI=1S/C26H31F3N8O3/c27-26(28,29)19-7-5-17(6-8-19)13-22(24(39)34-20-14-18-3-1-2-4-21(18)33-15-20)35-25(40)37(32)16-23(38)36(11-9-30)12-10-31/h1-8,14-15,22H,9-13,16,30-32H2,(H,34,39)(H,35,40)/t22-/m0/s1. The molecule has 0 radical (unpaired) electrons. The van der Waals surface area contributed by atoms with Gasteiger partial charge in [-0.1, -0.05) is 30.3 Å². The SMILES string of the molecule is NCCN(CCN)C(=O)CN(N)C(=O)N[C@@H](Cc1ccc(C(F)(F)F)cc1)C(=O)Nc1cnc2ccccc2c1. The Labute approximate surface area is 228 Å². The Morgan fingerprint density at radius 2 is 1.62 bits per heavy atom. The number of fused-ring (bicyclic) bond motifs is 1. The predicted molar refractivity (Wildman–Crippen MR) is 143 cm³/mol. The summed E-state index contributed by atoms with van der Waals surface area (Å²) < 4.78 is 39.0. The highest BCUT2D eigenvalue weighted by Gasteiger charge is 2.30. The number of para-hydroxylation sites is 1. The summed E-state index contributed by atoms with van der Waals surface area (Å²) in [4.78, 5) is 44.3. The number of amides is 4. The normalized spacial score (nSPS) is 12.1. The van der Waals surface area contributed by atoms with Crippen molar-refractivity contribution < 1.29 is 27.6 Å². The fourth-order valence-corrected chi connectivity index (χ4v) is 3.87. The number of aromatic nitrogens is 1. The van der Waals surface area contributed by atoms with E-state index in [9.17, 15) is 27.6 Å². The lowest BCUT2D eigenvalue weighted by atomic mass is 10.0. The summed E-state index contributed by atoms with van der Waals surface area (Å²) in [6, 6.07) is 10.9. The number of carbonyl (C=O) groups is 3. The molecule has 3 aromatic rings. The monoisotopic (exact) mass is 560 g/mol. The van der Waals surface area contributed by atoms with Gasteiger partial charge in [0.2, 0.25) is 11.8 Å². The van der Waals surface area contributed by atoms with Crippen LogP contribution in [-0.4, -0.2) is 71.5 Å². The predicted octanol–water partition coefficient (Wildman–Crippen LogP) is 1.43. The second-order valence-corrected chi connectivity index (χ2v) is 8.89. The number of anilines is 1. The Balaban J connectivity index is 1.77. The summed E-state index contributed by atoms with van der Waals surface area (Å²) >= 11 is 0. The number of hydrogen-bond donors (Lipinski definition) is 5. The quantitative estimate of drug-likeness (QED) is 0.134. The van der Waals surface area contributed by atoms with Crippen LogP contribution in [0.2, 0.25) is 0 Å². The maximum absolute atomic E-state index is 13.2. The van der Waals surface area contributed by atoms with Gasteiger partial charge < -0.3 is 27.0 Å². The van der Waals surface area contributed by atoms with E-state index in [1.165, 1.54) is 23.2 Å². The second-order valence-electron chi connectivity index (χ2n) is 8.89. The van der Waals surface area contributed by atoms with Gasteiger partial charge in [0.25, 0.3) is 0 Å². The summed E-state index contributed by atoms with van der Waals surface area (Å²) in [5.74, 6) is 4.65. The molecular formula is C26H31F3N8O3. The molecule has 0 saturated heterocycles. The molecule has 11 nitrogen and oxygen atoms in total. The minimum Gasteiger partial charge on any atom is -0.339 e. The number of benzene rings is 2. The summed E-state index contributed by atoms with van der Waals surface area (Å²) in [5, 5.41) is 6.49. The molecule has 0 aliphatic carbocycles. The lowest BCUT2D eigenvalue weighted by Crippen LogP contribution is -2.55. The minimum atomic E-state index is -4.53. The first kappa shape index (κ1) is 30.3. The van der Waals surface area contributed by atoms with E-state index in [2.05, 4.69) is 15.6 Å². The number of alkyl halides is 3. The van der Waals surface area contributed by atoms with Gasteiger partial charge in [-0.05, 0) is 29.8 Å². The zero-order valence-corrected chi connectivity index (χ0v) is 21.5. The zero-order chi connectivity index (χ0) is 29.3. The van der Waals surface area contributed by atoms with E-state index in [-0.39, 0.29) is 32.6 Å². The number of rotatable bonds is 11. The summed E-state index contributed by atoms with van der Waals surface area (Å²) in [7, 11) is 0. The molecular weight excluding hydrogens is 529 g/mol. The molecule has 1 aromatic heterocycles. The highest BCUT2D eigenvalue weighted by molar-refractivity contribution is 5.98. The molecule has 0 bridgehead atoms. The van der Waals surface area contributed by atoms with Crippen LogP contribution in [0.4, 0.5) is 23.7 Å². The number of pyridine rings is 1. The molecule has 1 heterocycles. The van der Waals surface area contributed by atoms with Gasteiger partial charge in [0.05, 0.1) is 23.0 Å². The third-order valence-electron chi connectivity index (χ3n) is 5.91. The average molecular weight is 561 g/mol. The Hall–Kier alpha value is -4.27. The minimum absolute atomic E-state index is 0.162. The van der Waals surface area contributed by atoms with Gasteiger partial charge >= 0.3 is 12.2 Å². The lowest BCUT2D eigenvalue weighted by Gasteiger charge is -2.26. The fraction of sp³-hybridized carbons (Fsp3) is 0.308. The van der Waals surface area contributed by atoms with Crippen LogP contribution in [-0.2, 0) is 22.2 Å². The number of hydrogen-bond acceptors (Lipinski definition) is 7. The van der Waals surface area contributed by atoms with Gasteiger partial charge in [0, 0.05) is 38.0 Å². The highest BCUT2D eigenvalue weighted by Crippen LogP contribution is 2.29. The molecule has 14 heteroatoms. The van der Waals surface area contributed by atoms with E-state index in [1.54, 1.807) is 18.2 Å². The topological polar surface area (TPSA) is 173 Å². The van der Waals surface area contributed by atoms with Crippen molar-refractivity contribution in [3.8, 4) is 0 Å². The maximum atomic E-state index is 13.2. The maximum Gasteiger partial charge on any atom is 0.416 e. The van der Waals surface area contributed by atoms with Crippen molar-refractivity contribution in [3.63, 3.8) is 0 Å². The van der Waals surface area contributed by atoms with E-state index in [0.29, 0.717) is 21.8 Å². The van der Waals surface area contributed by atoms with Gasteiger partial charge in [0.1, 0.15) is 12.6 Å². The highest BCUT2D eigenvalue weighted by atomic mass is 19.4. The van der Waals surface area contributed by atoms with Crippen molar-refractivity contribution in [2.45, 2.75) is 18.6 Å². The summed E-state index contributed by atoms with van der Waals surface area (Å²) in [6.07, 6.45) is -3.25. The number of hydrazine groups is 1. The Bertz CT molecular complexity index is 1310. The van der Waals surface area contributed by atoms with Crippen molar-refractivity contribution in [1.82, 2.24) is 20.2 Å². The van der Waals surface area contributed by atoms with Gasteiger partial charge in [-0.3, -0.25) is 19.6 Å².